The van der Waals surface area contributed by atoms with E-state index in [2.05, 4.69) is 24.5 Å². The Morgan fingerprint density at radius 3 is 2.60 bits per heavy atom. The molecular formula is C27H39N3O4S. The number of likely N-dealkylation sites (tertiary alicyclic amines) is 1. The fourth-order valence-electron chi connectivity index (χ4n) is 6.34. The fraction of sp³-hybridized carbons (Fsp3) is 0.667. The number of rotatable bonds is 12. The summed E-state index contributed by atoms with van der Waals surface area (Å²) in [5.74, 6) is -0.996. The number of hydrogen-bond acceptors (Lipinski definition) is 5. The zero-order chi connectivity index (χ0) is 25.0. The third-order valence-corrected chi connectivity index (χ3v) is 10.1. The van der Waals surface area contributed by atoms with Crippen molar-refractivity contribution in [2.24, 2.45) is 17.8 Å². The molecule has 3 aliphatic rings. The first-order chi connectivity index (χ1) is 17.0. The van der Waals surface area contributed by atoms with Gasteiger partial charge in [0.15, 0.2) is 0 Å². The lowest BCUT2D eigenvalue weighted by molar-refractivity contribution is -0.140. The van der Waals surface area contributed by atoms with Crippen molar-refractivity contribution >= 4 is 29.5 Å². The van der Waals surface area contributed by atoms with Crippen LogP contribution >= 0.6 is 11.8 Å². The Morgan fingerprint density at radius 1 is 1.11 bits per heavy atom. The van der Waals surface area contributed by atoms with Crippen molar-refractivity contribution in [3.63, 3.8) is 0 Å². The highest BCUT2D eigenvalue weighted by Crippen LogP contribution is 2.68. The number of aliphatic hydroxyl groups excluding tert-OH is 1. The summed E-state index contributed by atoms with van der Waals surface area (Å²) in [6, 6.07) is 9.21. The molecule has 1 aromatic rings. The molecule has 3 amide bonds. The minimum atomic E-state index is -0.579. The van der Waals surface area contributed by atoms with Crippen molar-refractivity contribution in [2.45, 2.75) is 75.0 Å². The van der Waals surface area contributed by atoms with E-state index in [-0.39, 0.29) is 35.5 Å². The van der Waals surface area contributed by atoms with Crippen LogP contribution in [0, 0.1) is 17.8 Å². The molecule has 2 bridgehead atoms. The maximum Gasteiger partial charge on any atom is 0.244 e. The van der Waals surface area contributed by atoms with Gasteiger partial charge in [-0.1, -0.05) is 57.0 Å². The van der Waals surface area contributed by atoms with Gasteiger partial charge in [-0.3, -0.25) is 14.4 Å². The van der Waals surface area contributed by atoms with Crippen LogP contribution in [0.3, 0.4) is 0 Å². The summed E-state index contributed by atoms with van der Waals surface area (Å²) >= 11 is 1.71. The van der Waals surface area contributed by atoms with Crippen LogP contribution in [0.25, 0.3) is 0 Å². The number of carbonyl (C=O) groups excluding carboxylic acids is 3. The van der Waals surface area contributed by atoms with E-state index >= 15 is 0 Å². The summed E-state index contributed by atoms with van der Waals surface area (Å²) in [7, 11) is 0. The second kappa shape index (κ2) is 11.3. The Hall–Kier alpha value is -2.06. The predicted octanol–water partition coefficient (Wildman–Crippen LogP) is 2.72. The Morgan fingerprint density at radius 2 is 1.89 bits per heavy atom. The van der Waals surface area contributed by atoms with Crippen LogP contribution in [0.15, 0.2) is 30.3 Å². The fourth-order valence-corrected chi connectivity index (χ4v) is 8.76. The van der Waals surface area contributed by atoms with Crippen molar-refractivity contribution in [3.05, 3.63) is 35.9 Å². The second-order valence-corrected chi connectivity index (χ2v) is 11.8. The third kappa shape index (κ3) is 4.84. The first-order valence-electron chi connectivity index (χ1n) is 13.1. The number of aliphatic hydroxyl groups is 1. The van der Waals surface area contributed by atoms with Crippen molar-refractivity contribution < 1.29 is 19.5 Å². The molecule has 0 aliphatic carbocycles. The number of hydrogen-bond donors (Lipinski definition) is 3. The van der Waals surface area contributed by atoms with Crippen LogP contribution in [-0.2, 0) is 20.9 Å². The molecule has 8 heteroatoms. The van der Waals surface area contributed by atoms with E-state index in [0.717, 1.165) is 31.2 Å². The van der Waals surface area contributed by atoms with Gasteiger partial charge in [0.05, 0.1) is 16.6 Å². The molecule has 35 heavy (non-hydrogen) atoms. The van der Waals surface area contributed by atoms with Crippen LogP contribution in [0.2, 0.25) is 0 Å². The van der Waals surface area contributed by atoms with Crippen molar-refractivity contribution in [2.75, 3.05) is 19.7 Å². The van der Waals surface area contributed by atoms with Gasteiger partial charge in [-0.05, 0) is 37.2 Å². The summed E-state index contributed by atoms with van der Waals surface area (Å²) in [6.07, 6.45) is 5.10. The summed E-state index contributed by atoms with van der Waals surface area (Å²) in [5.41, 5.74) is 1.02. The average Bonchev–Trinajstić information content (AvgIpc) is 3.45. The topological polar surface area (TPSA) is 98.7 Å². The zero-order valence-corrected chi connectivity index (χ0v) is 21.7. The molecule has 3 N–H and O–H groups in total. The first kappa shape index (κ1) is 26.0. The molecular weight excluding hydrogens is 462 g/mol. The summed E-state index contributed by atoms with van der Waals surface area (Å²) in [6.45, 7) is 5.79. The third-order valence-electron chi connectivity index (χ3n) is 7.99. The van der Waals surface area contributed by atoms with Gasteiger partial charge in [0.2, 0.25) is 17.7 Å². The Balaban J connectivity index is 1.57. The van der Waals surface area contributed by atoms with Gasteiger partial charge >= 0.3 is 0 Å². The van der Waals surface area contributed by atoms with Crippen LogP contribution in [0.5, 0.6) is 0 Å². The number of unbranched alkanes of at least 4 members (excludes halogenated alkanes) is 3. The van der Waals surface area contributed by atoms with E-state index in [1.54, 1.807) is 16.7 Å². The van der Waals surface area contributed by atoms with E-state index < -0.39 is 22.6 Å². The average molecular weight is 502 g/mol. The van der Waals surface area contributed by atoms with Crippen LogP contribution in [-0.4, -0.2) is 63.5 Å². The van der Waals surface area contributed by atoms with Gasteiger partial charge in [0.25, 0.3) is 0 Å². The van der Waals surface area contributed by atoms with Crippen molar-refractivity contribution in [1.29, 1.82) is 0 Å². The van der Waals surface area contributed by atoms with Crippen molar-refractivity contribution in [1.82, 2.24) is 15.5 Å². The number of thioether (sulfide) groups is 1. The highest BCUT2D eigenvalue weighted by molar-refractivity contribution is 8.02. The van der Waals surface area contributed by atoms with E-state index in [4.69, 9.17) is 0 Å². The predicted molar refractivity (Wildman–Crippen MR) is 138 cm³/mol. The number of nitrogens with one attached hydrogen (secondary N) is 2. The lowest BCUT2D eigenvalue weighted by atomic mass is 9.66. The Labute approximate surface area is 212 Å². The molecule has 3 saturated heterocycles. The molecule has 3 unspecified atom stereocenters. The molecule has 7 nitrogen and oxygen atoms in total. The van der Waals surface area contributed by atoms with Gasteiger partial charge in [0.1, 0.15) is 6.04 Å². The molecule has 192 valence electrons. The van der Waals surface area contributed by atoms with Gasteiger partial charge < -0.3 is 20.6 Å². The zero-order valence-electron chi connectivity index (χ0n) is 20.9. The van der Waals surface area contributed by atoms with Crippen LogP contribution in [0.1, 0.15) is 57.9 Å². The number of amides is 3. The van der Waals surface area contributed by atoms with E-state index in [0.29, 0.717) is 32.5 Å². The lowest BCUT2D eigenvalue weighted by Crippen LogP contribution is -2.56. The van der Waals surface area contributed by atoms with Crippen LogP contribution < -0.4 is 10.6 Å². The van der Waals surface area contributed by atoms with E-state index in [1.807, 2.05) is 30.3 Å². The smallest absolute Gasteiger partial charge is 0.244 e. The molecule has 3 aliphatic heterocycles. The maximum absolute atomic E-state index is 13.9. The number of fused-ring (bicyclic) bond motifs is 1. The Kier molecular flexibility index (Phi) is 8.42. The molecule has 6 atom stereocenters. The quantitative estimate of drug-likeness (QED) is 0.383. The van der Waals surface area contributed by atoms with E-state index in [1.165, 1.54) is 0 Å². The minimum absolute atomic E-state index is 0.0460. The number of benzene rings is 1. The molecule has 3 fully saturated rings. The number of nitrogens with zero attached hydrogens (tertiary/aromatic N) is 1. The molecule has 1 spiro atoms. The monoisotopic (exact) mass is 501 g/mol. The maximum atomic E-state index is 13.9. The SMILES string of the molecule is CCCCCNC(=O)C1N(CCCCO)C(=O)[C@@H]2[C@@H](C(=O)NCc3ccccc3)[C@H]3CC(C)C12S3. The summed E-state index contributed by atoms with van der Waals surface area (Å²) in [5, 5.41) is 15.5. The molecule has 4 rings (SSSR count). The van der Waals surface area contributed by atoms with Crippen molar-refractivity contribution in [3.8, 4) is 0 Å². The molecule has 0 saturated carbocycles. The van der Waals surface area contributed by atoms with Crippen LogP contribution in [0.4, 0.5) is 0 Å². The summed E-state index contributed by atoms with van der Waals surface area (Å²) < 4.78 is -0.579. The molecule has 1 aromatic carbocycles. The summed E-state index contributed by atoms with van der Waals surface area (Å²) in [4.78, 5) is 42.7. The Bertz CT molecular complexity index is 913. The largest absolute Gasteiger partial charge is 0.396 e. The normalized spacial score (nSPS) is 31.0. The van der Waals surface area contributed by atoms with Gasteiger partial charge in [-0.15, -0.1) is 11.8 Å². The molecule has 0 radical (unpaired) electrons. The molecule has 3 heterocycles. The van der Waals surface area contributed by atoms with Gasteiger partial charge in [0, 0.05) is 31.5 Å². The van der Waals surface area contributed by atoms with Gasteiger partial charge in [-0.2, -0.15) is 0 Å². The highest BCUT2D eigenvalue weighted by atomic mass is 32.2. The van der Waals surface area contributed by atoms with E-state index in [9.17, 15) is 19.5 Å². The highest BCUT2D eigenvalue weighted by Gasteiger charge is 2.75. The van der Waals surface area contributed by atoms with Gasteiger partial charge in [-0.25, -0.2) is 0 Å². The second-order valence-electron chi connectivity index (χ2n) is 10.2. The lowest BCUT2D eigenvalue weighted by Gasteiger charge is -2.38. The first-order valence-corrected chi connectivity index (χ1v) is 14.0. The molecule has 0 aromatic heterocycles. The standard InChI is InChI=1S/C27H39N3O4S/c1-3-4-8-13-28-25(33)23-27-18(2)16-20(35-27)21(22(27)26(34)30(23)14-9-10-15-31)24(32)29-17-19-11-6-5-7-12-19/h5-7,11-12,18,20-23,31H,3-4,8-10,13-17H2,1-2H3,(H,28,33)(H,29,32)/t18?,20-,21+,22+,23?,27?/m1/s1. The number of carbonyl (C=O) groups is 3. The minimum Gasteiger partial charge on any atom is -0.396 e.